The standard InChI is InChI=1S/C13H16N2O2S/c14-13(17)10-5-1-2-6-11(10)15-12(16)8-9-4-3-7-18-9/h1-4,7,10-11H,5-6,8H2,(H2,14,17)(H,15,16)/t10-,11-/m1/s1. The molecule has 1 aromatic rings. The van der Waals surface area contributed by atoms with Gasteiger partial charge in [0.2, 0.25) is 11.8 Å². The number of primary amides is 1. The molecule has 0 spiro atoms. The van der Waals surface area contributed by atoms with E-state index in [1.807, 2.05) is 29.7 Å². The fourth-order valence-electron chi connectivity index (χ4n) is 2.12. The van der Waals surface area contributed by atoms with Crippen LogP contribution in [0.15, 0.2) is 29.7 Å². The van der Waals surface area contributed by atoms with Crippen molar-refractivity contribution in [1.82, 2.24) is 5.32 Å². The number of nitrogens with one attached hydrogen (secondary N) is 1. The first-order valence-corrected chi connectivity index (χ1v) is 6.81. The summed E-state index contributed by atoms with van der Waals surface area (Å²) >= 11 is 1.55. The Labute approximate surface area is 110 Å². The van der Waals surface area contributed by atoms with Crippen LogP contribution < -0.4 is 11.1 Å². The lowest BCUT2D eigenvalue weighted by Gasteiger charge is -2.26. The fraction of sp³-hybridized carbons (Fsp3) is 0.385. The molecular formula is C13H16N2O2S. The van der Waals surface area contributed by atoms with Gasteiger partial charge in [-0.3, -0.25) is 9.59 Å². The molecule has 1 aromatic heterocycles. The Hall–Kier alpha value is -1.62. The number of allylic oxidation sites excluding steroid dienone is 1. The van der Waals surface area contributed by atoms with Gasteiger partial charge in [-0.25, -0.2) is 0 Å². The van der Waals surface area contributed by atoms with Crippen LogP contribution in [0.2, 0.25) is 0 Å². The molecule has 0 radical (unpaired) electrons. The third-order valence-electron chi connectivity index (χ3n) is 3.06. The summed E-state index contributed by atoms with van der Waals surface area (Å²) in [7, 11) is 0. The van der Waals surface area contributed by atoms with Gasteiger partial charge in [0.25, 0.3) is 0 Å². The summed E-state index contributed by atoms with van der Waals surface area (Å²) in [6, 6.07) is 3.68. The minimum Gasteiger partial charge on any atom is -0.369 e. The topological polar surface area (TPSA) is 72.2 Å². The Kier molecular flexibility index (Phi) is 4.15. The van der Waals surface area contributed by atoms with Crippen LogP contribution in [-0.2, 0) is 16.0 Å². The maximum atomic E-state index is 11.9. The van der Waals surface area contributed by atoms with Crippen molar-refractivity contribution in [3.8, 4) is 0 Å². The van der Waals surface area contributed by atoms with Crippen molar-refractivity contribution in [2.24, 2.45) is 11.7 Å². The van der Waals surface area contributed by atoms with Crippen LogP contribution in [0.5, 0.6) is 0 Å². The zero-order chi connectivity index (χ0) is 13.0. The van der Waals surface area contributed by atoms with Crippen LogP contribution in [0.4, 0.5) is 0 Å². The lowest BCUT2D eigenvalue weighted by molar-refractivity contribution is -0.124. The van der Waals surface area contributed by atoms with Crippen LogP contribution in [0.3, 0.4) is 0 Å². The highest BCUT2D eigenvalue weighted by atomic mass is 32.1. The largest absolute Gasteiger partial charge is 0.369 e. The van der Waals surface area contributed by atoms with E-state index in [-0.39, 0.29) is 23.8 Å². The van der Waals surface area contributed by atoms with E-state index in [0.717, 1.165) is 4.88 Å². The molecule has 5 heteroatoms. The summed E-state index contributed by atoms with van der Waals surface area (Å²) < 4.78 is 0. The molecule has 1 heterocycles. The summed E-state index contributed by atoms with van der Waals surface area (Å²) in [5, 5.41) is 4.85. The molecule has 2 amide bonds. The maximum Gasteiger partial charge on any atom is 0.225 e. The Balaban J connectivity index is 1.93. The third-order valence-corrected chi connectivity index (χ3v) is 3.94. The van der Waals surface area contributed by atoms with E-state index in [2.05, 4.69) is 5.32 Å². The van der Waals surface area contributed by atoms with Gasteiger partial charge in [0, 0.05) is 10.9 Å². The Morgan fingerprint density at radius 2 is 2.17 bits per heavy atom. The van der Waals surface area contributed by atoms with Crippen LogP contribution in [0.1, 0.15) is 17.7 Å². The van der Waals surface area contributed by atoms with Crippen LogP contribution >= 0.6 is 11.3 Å². The normalized spacial score (nSPS) is 22.7. The van der Waals surface area contributed by atoms with Gasteiger partial charge in [-0.1, -0.05) is 18.2 Å². The van der Waals surface area contributed by atoms with E-state index in [1.165, 1.54) is 0 Å². The molecule has 4 nitrogen and oxygen atoms in total. The maximum absolute atomic E-state index is 11.9. The molecule has 1 aliphatic carbocycles. The quantitative estimate of drug-likeness (QED) is 0.803. The number of hydrogen-bond donors (Lipinski definition) is 2. The number of amides is 2. The van der Waals surface area contributed by atoms with E-state index in [1.54, 1.807) is 11.3 Å². The Morgan fingerprint density at radius 1 is 1.39 bits per heavy atom. The fourth-order valence-corrected chi connectivity index (χ4v) is 2.82. The Morgan fingerprint density at radius 3 is 2.83 bits per heavy atom. The van der Waals surface area contributed by atoms with E-state index in [0.29, 0.717) is 19.3 Å². The van der Waals surface area contributed by atoms with E-state index in [4.69, 9.17) is 5.73 Å². The monoisotopic (exact) mass is 264 g/mol. The van der Waals surface area contributed by atoms with Crippen molar-refractivity contribution in [3.63, 3.8) is 0 Å². The predicted molar refractivity (Wildman–Crippen MR) is 71.0 cm³/mol. The molecule has 0 fully saturated rings. The molecule has 0 bridgehead atoms. The van der Waals surface area contributed by atoms with Gasteiger partial charge in [0.15, 0.2) is 0 Å². The summed E-state index contributed by atoms with van der Waals surface area (Å²) in [6.45, 7) is 0. The number of carbonyl (C=O) groups excluding carboxylic acids is 2. The van der Waals surface area contributed by atoms with Gasteiger partial charge in [-0.2, -0.15) is 0 Å². The average molecular weight is 264 g/mol. The third kappa shape index (κ3) is 3.20. The molecule has 2 atom stereocenters. The van der Waals surface area contributed by atoms with E-state index in [9.17, 15) is 9.59 Å². The second kappa shape index (κ2) is 5.82. The number of hydrogen-bond acceptors (Lipinski definition) is 3. The predicted octanol–water partition coefficient (Wildman–Crippen LogP) is 1.23. The second-order valence-electron chi connectivity index (χ2n) is 4.38. The molecule has 1 aliphatic rings. The number of rotatable bonds is 4. The first kappa shape index (κ1) is 12.8. The molecule has 96 valence electrons. The summed E-state index contributed by atoms with van der Waals surface area (Å²) in [5.74, 6) is -0.688. The first-order valence-electron chi connectivity index (χ1n) is 5.93. The number of carbonyl (C=O) groups is 2. The number of thiophene rings is 1. The summed E-state index contributed by atoms with van der Waals surface area (Å²) in [4.78, 5) is 24.2. The van der Waals surface area contributed by atoms with Gasteiger partial charge >= 0.3 is 0 Å². The van der Waals surface area contributed by atoms with E-state index >= 15 is 0 Å². The SMILES string of the molecule is NC(=O)[C@@H]1CC=CC[C@H]1NC(=O)Cc1cccs1. The lowest BCUT2D eigenvalue weighted by Crippen LogP contribution is -2.46. The molecule has 0 aliphatic heterocycles. The van der Waals surface area contributed by atoms with Gasteiger partial charge < -0.3 is 11.1 Å². The van der Waals surface area contributed by atoms with Crippen molar-refractivity contribution in [1.29, 1.82) is 0 Å². The van der Waals surface area contributed by atoms with Crippen LogP contribution in [-0.4, -0.2) is 17.9 Å². The van der Waals surface area contributed by atoms with Gasteiger partial charge in [0.1, 0.15) is 0 Å². The molecule has 0 aromatic carbocycles. The van der Waals surface area contributed by atoms with Crippen molar-refractivity contribution in [3.05, 3.63) is 34.5 Å². The average Bonchev–Trinajstić information content (AvgIpc) is 2.82. The molecule has 0 saturated heterocycles. The van der Waals surface area contributed by atoms with Crippen LogP contribution in [0, 0.1) is 5.92 Å². The Bertz CT molecular complexity index is 454. The van der Waals surface area contributed by atoms with Gasteiger partial charge in [-0.15, -0.1) is 11.3 Å². The van der Waals surface area contributed by atoms with Gasteiger partial charge in [-0.05, 0) is 24.3 Å². The first-order chi connectivity index (χ1) is 8.66. The second-order valence-corrected chi connectivity index (χ2v) is 5.41. The molecule has 0 saturated carbocycles. The van der Waals surface area contributed by atoms with E-state index < -0.39 is 0 Å². The number of nitrogens with two attached hydrogens (primary N) is 1. The summed E-state index contributed by atoms with van der Waals surface area (Å²) in [5.41, 5.74) is 5.35. The molecule has 2 rings (SSSR count). The van der Waals surface area contributed by atoms with Gasteiger partial charge in [0.05, 0.1) is 12.3 Å². The zero-order valence-electron chi connectivity index (χ0n) is 9.96. The van der Waals surface area contributed by atoms with Crippen molar-refractivity contribution < 1.29 is 9.59 Å². The highest BCUT2D eigenvalue weighted by molar-refractivity contribution is 7.10. The zero-order valence-corrected chi connectivity index (χ0v) is 10.8. The van der Waals surface area contributed by atoms with Crippen molar-refractivity contribution >= 4 is 23.2 Å². The molecule has 18 heavy (non-hydrogen) atoms. The van der Waals surface area contributed by atoms with Crippen molar-refractivity contribution in [2.75, 3.05) is 0 Å². The highest BCUT2D eigenvalue weighted by Gasteiger charge is 2.28. The van der Waals surface area contributed by atoms with Crippen LogP contribution in [0.25, 0.3) is 0 Å². The smallest absolute Gasteiger partial charge is 0.225 e. The highest BCUT2D eigenvalue weighted by Crippen LogP contribution is 2.19. The lowest BCUT2D eigenvalue weighted by atomic mass is 9.88. The molecular weight excluding hydrogens is 248 g/mol. The summed E-state index contributed by atoms with van der Waals surface area (Å²) in [6.07, 6.45) is 5.57. The minimum absolute atomic E-state index is 0.0519. The molecule has 3 N–H and O–H groups in total. The van der Waals surface area contributed by atoms with Crippen molar-refractivity contribution in [2.45, 2.75) is 25.3 Å². The minimum atomic E-state index is -0.347. The molecule has 0 unspecified atom stereocenters.